The summed E-state index contributed by atoms with van der Waals surface area (Å²) in [5, 5.41) is 0. The number of fused-ring (bicyclic) bond motifs is 1. The second-order valence-corrected chi connectivity index (χ2v) is 5.62. The summed E-state index contributed by atoms with van der Waals surface area (Å²) in [6.45, 7) is 2.21. The van der Waals surface area contributed by atoms with Gasteiger partial charge in [0, 0.05) is 20.5 Å². The Bertz CT molecular complexity index is 710. The van der Waals surface area contributed by atoms with E-state index in [1.165, 1.54) is 30.3 Å². The van der Waals surface area contributed by atoms with Gasteiger partial charge in [0.15, 0.2) is 10.4 Å². The standard InChI is InChI=1S/C14H22N4OS/c1-4-5-6-7-8-9-10-15-11-12(16-10)17(2)14(20)18(3)13(11)19/h4-9H2,1-3H3,(H,15,16). The molecule has 5 nitrogen and oxygen atoms in total. The SMILES string of the molecule is CCCCCCCc1nc2c([nH]1)c(=O)n(C)c(=S)n2C. The number of imidazole rings is 1. The molecule has 0 spiro atoms. The van der Waals surface area contributed by atoms with E-state index in [2.05, 4.69) is 16.9 Å². The molecule has 0 fully saturated rings. The van der Waals surface area contributed by atoms with Crippen LogP contribution in [0.1, 0.15) is 44.9 Å². The van der Waals surface area contributed by atoms with Crippen molar-refractivity contribution < 1.29 is 0 Å². The second kappa shape index (κ2) is 6.35. The quantitative estimate of drug-likeness (QED) is 0.658. The molecule has 110 valence electrons. The minimum absolute atomic E-state index is 0.104. The van der Waals surface area contributed by atoms with E-state index in [9.17, 15) is 4.79 Å². The van der Waals surface area contributed by atoms with E-state index in [0.717, 1.165) is 18.7 Å². The minimum atomic E-state index is -0.104. The van der Waals surface area contributed by atoms with Gasteiger partial charge in [0.2, 0.25) is 0 Å². The first kappa shape index (κ1) is 15.0. The number of unbranched alkanes of at least 4 members (excludes halogenated alkanes) is 4. The fourth-order valence-corrected chi connectivity index (χ4v) is 2.56. The van der Waals surface area contributed by atoms with Gasteiger partial charge in [0.25, 0.3) is 5.56 Å². The Morgan fingerprint density at radius 2 is 1.85 bits per heavy atom. The van der Waals surface area contributed by atoms with Gasteiger partial charge >= 0.3 is 0 Å². The number of aromatic nitrogens is 4. The van der Waals surface area contributed by atoms with E-state index in [0.29, 0.717) is 15.9 Å². The Kier molecular flexibility index (Phi) is 4.75. The van der Waals surface area contributed by atoms with Crippen LogP contribution in [-0.4, -0.2) is 19.1 Å². The predicted octanol–water partition coefficient (Wildman–Crippen LogP) is 2.84. The van der Waals surface area contributed by atoms with Crippen molar-refractivity contribution in [1.82, 2.24) is 19.1 Å². The van der Waals surface area contributed by atoms with Gasteiger partial charge < -0.3 is 9.55 Å². The van der Waals surface area contributed by atoms with Gasteiger partial charge in [-0.2, -0.15) is 0 Å². The third-order valence-electron chi connectivity index (χ3n) is 3.66. The molecule has 0 aliphatic rings. The van der Waals surface area contributed by atoms with Crippen LogP contribution in [0.15, 0.2) is 4.79 Å². The van der Waals surface area contributed by atoms with Crippen molar-refractivity contribution in [3.63, 3.8) is 0 Å². The Balaban J connectivity index is 2.22. The highest BCUT2D eigenvalue weighted by molar-refractivity contribution is 7.71. The molecular weight excluding hydrogens is 272 g/mol. The van der Waals surface area contributed by atoms with Crippen molar-refractivity contribution in [3.05, 3.63) is 20.9 Å². The summed E-state index contributed by atoms with van der Waals surface area (Å²) < 4.78 is 3.74. The Hall–Kier alpha value is -1.43. The lowest BCUT2D eigenvalue weighted by atomic mass is 10.1. The zero-order valence-electron chi connectivity index (χ0n) is 12.4. The van der Waals surface area contributed by atoms with Crippen LogP contribution >= 0.6 is 12.2 Å². The minimum Gasteiger partial charge on any atom is -0.336 e. The van der Waals surface area contributed by atoms with Gasteiger partial charge in [0.1, 0.15) is 11.3 Å². The number of rotatable bonds is 6. The second-order valence-electron chi connectivity index (χ2n) is 5.25. The van der Waals surface area contributed by atoms with Crippen LogP contribution in [0.5, 0.6) is 0 Å². The molecule has 6 heteroatoms. The van der Waals surface area contributed by atoms with E-state index in [4.69, 9.17) is 12.2 Å². The third-order valence-corrected chi connectivity index (χ3v) is 4.21. The van der Waals surface area contributed by atoms with Crippen LogP contribution in [0.4, 0.5) is 0 Å². The zero-order valence-corrected chi connectivity index (χ0v) is 13.2. The van der Waals surface area contributed by atoms with Gasteiger partial charge in [-0.3, -0.25) is 9.36 Å². The Morgan fingerprint density at radius 1 is 1.15 bits per heavy atom. The topological polar surface area (TPSA) is 55.6 Å². The number of hydrogen-bond donors (Lipinski definition) is 1. The molecule has 0 amide bonds. The predicted molar refractivity (Wildman–Crippen MR) is 83.6 cm³/mol. The number of nitrogens with zero attached hydrogens (tertiary/aromatic N) is 3. The molecule has 0 atom stereocenters. The molecule has 0 aliphatic carbocycles. The summed E-state index contributed by atoms with van der Waals surface area (Å²) in [5.41, 5.74) is 1.10. The summed E-state index contributed by atoms with van der Waals surface area (Å²) >= 11 is 5.23. The number of hydrogen-bond acceptors (Lipinski definition) is 3. The lowest BCUT2D eigenvalue weighted by Gasteiger charge is -2.03. The van der Waals surface area contributed by atoms with Gasteiger partial charge in [-0.1, -0.05) is 32.6 Å². The van der Waals surface area contributed by atoms with E-state index >= 15 is 0 Å². The molecule has 2 aromatic heterocycles. The number of nitrogens with one attached hydrogen (secondary N) is 1. The van der Waals surface area contributed by atoms with Crippen molar-refractivity contribution in [3.8, 4) is 0 Å². The Morgan fingerprint density at radius 3 is 2.55 bits per heavy atom. The maximum absolute atomic E-state index is 12.1. The molecule has 2 rings (SSSR count). The first-order chi connectivity index (χ1) is 9.56. The van der Waals surface area contributed by atoms with Crippen LogP contribution in [0, 0.1) is 4.77 Å². The van der Waals surface area contributed by atoms with Crippen LogP contribution in [0.25, 0.3) is 11.2 Å². The van der Waals surface area contributed by atoms with Gasteiger partial charge in [-0.25, -0.2) is 4.98 Å². The zero-order chi connectivity index (χ0) is 14.7. The number of aryl methyl sites for hydroxylation is 2. The average molecular weight is 294 g/mol. The van der Waals surface area contributed by atoms with Crippen LogP contribution < -0.4 is 5.56 Å². The maximum Gasteiger partial charge on any atom is 0.280 e. The molecule has 1 N–H and O–H groups in total. The van der Waals surface area contributed by atoms with E-state index in [-0.39, 0.29) is 5.56 Å². The van der Waals surface area contributed by atoms with Crippen LogP contribution in [0.2, 0.25) is 0 Å². The molecular formula is C14H22N4OS. The molecule has 0 aliphatic heterocycles. The summed E-state index contributed by atoms with van der Waals surface area (Å²) in [6.07, 6.45) is 7.00. The van der Waals surface area contributed by atoms with Crippen molar-refractivity contribution in [2.75, 3.05) is 0 Å². The van der Waals surface area contributed by atoms with Crippen LogP contribution in [-0.2, 0) is 20.5 Å². The van der Waals surface area contributed by atoms with Crippen molar-refractivity contribution in [1.29, 1.82) is 0 Å². The largest absolute Gasteiger partial charge is 0.336 e. The highest BCUT2D eigenvalue weighted by atomic mass is 32.1. The monoisotopic (exact) mass is 294 g/mol. The van der Waals surface area contributed by atoms with E-state index in [1.54, 1.807) is 11.6 Å². The van der Waals surface area contributed by atoms with E-state index in [1.807, 2.05) is 7.05 Å². The Labute approximate surface area is 123 Å². The molecule has 2 aromatic rings. The van der Waals surface area contributed by atoms with Crippen molar-refractivity contribution in [2.24, 2.45) is 14.1 Å². The summed E-state index contributed by atoms with van der Waals surface area (Å²) in [6, 6.07) is 0. The molecule has 0 saturated heterocycles. The first-order valence-electron chi connectivity index (χ1n) is 7.20. The van der Waals surface area contributed by atoms with Gasteiger partial charge in [-0.15, -0.1) is 0 Å². The van der Waals surface area contributed by atoms with Gasteiger partial charge in [-0.05, 0) is 18.6 Å². The fraction of sp³-hybridized carbons (Fsp3) is 0.643. The molecule has 0 bridgehead atoms. The number of H-pyrrole nitrogens is 1. The molecule has 0 saturated carbocycles. The molecule has 0 unspecified atom stereocenters. The summed E-state index contributed by atoms with van der Waals surface area (Å²) in [7, 11) is 3.53. The van der Waals surface area contributed by atoms with Crippen molar-refractivity contribution in [2.45, 2.75) is 45.4 Å². The van der Waals surface area contributed by atoms with Crippen LogP contribution in [0.3, 0.4) is 0 Å². The maximum atomic E-state index is 12.1. The smallest absolute Gasteiger partial charge is 0.280 e. The van der Waals surface area contributed by atoms with Gasteiger partial charge in [0.05, 0.1) is 0 Å². The summed E-state index contributed by atoms with van der Waals surface area (Å²) in [4.78, 5) is 19.8. The van der Waals surface area contributed by atoms with E-state index < -0.39 is 0 Å². The third kappa shape index (κ3) is 2.85. The highest BCUT2D eigenvalue weighted by Crippen LogP contribution is 2.11. The lowest BCUT2D eigenvalue weighted by molar-refractivity contribution is 0.625. The molecule has 2 heterocycles. The first-order valence-corrected chi connectivity index (χ1v) is 7.61. The molecule has 20 heavy (non-hydrogen) atoms. The number of aromatic amines is 1. The van der Waals surface area contributed by atoms with Crippen molar-refractivity contribution >= 4 is 23.4 Å². The fourth-order valence-electron chi connectivity index (χ4n) is 2.39. The normalized spacial score (nSPS) is 11.3. The molecule has 0 radical (unpaired) electrons. The lowest BCUT2D eigenvalue weighted by Crippen LogP contribution is -2.21. The molecule has 0 aromatic carbocycles. The highest BCUT2D eigenvalue weighted by Gasteiger charge is 2.11. The summed E-state index contributed by atoms with van der Waals surface area (Å²) in [5.74, 6) is 0.879. The average Bonchev–Trinajstić information content (AvgIpc) is 2.87.